The Hall–Kier alpha value is -1.64. The first kappa shape index (κ1) is 14.3. The highest BCUT2D eigenvalue weighted by molar-refractivity contribution is 5.23. The fourth-order valence-corrected chi connectivity index (χ4v) is 3.00. The molecule has 2 aromatic carbocycles. The molecule has 0 radical (unpaired) electrons. The minimum absolute atomic E-state index is 0.0378. The van der Waals surface area contributed by atoms with Crippen molar-refractivity contribution in [1.82, 2.24) is 5.32 Å². The van der Waals surface area contributed by atoms with Crippen LogP contribution >= 0.6 is 0 Å². The summed E-state index contributed by atoms with van der Waals surface area (Å²) in [6.45, 7) is 0.660. The molecule has 1 aliphatic rings. The molecule has 1 fully saturated rings. The summed E-state index contributed by atoms with van der Waals surface area (Å²) in [5, 5.41) is 3.83. The molecule has 0 spiro atoms. The van der Waals surface area contributed by atoms with Crippen molar-refractivity contribution in [3.8, 4) is 0 Å². The molecule has 3 N–H and O–H groups in total. The fraction of sp³-hybridized carbons (Fsp3) is 0.368. The summed E-state index contributed by atoms with van der Waals surface area (Å²) in [4.78, 5) is 0. The van der Waals surface area contributed by atoms with Crippen LogP contribution in [0.1, 0.15) is 24.0 Å². The highest BCUT2D eigenvalue weighted by atomic mass is 15.1. The molecule has 110 valence electrons. The van der Waals surface area contributed by atoms with E-state index in [1.807, 2.05) is 0 Å². The summed E-state index contributed by atoms with van der Waals surface area (Å²) in [6, 6.07) is 22.0. The molecule has 0 atom stereocenters. The lowest BCUT2D eigenvalue weighted by molar-refractivity contribution is 0.323. The van der Waals surface area contributed by atoms with E-state index in [1.54, 1.807) is 0 Å². The lowest BCUT2D eigenvalue weighted by Crippen LogP contribution is -2.55. The molecule has 2 aromatic rings. The molecule has 1 aliphatic carbocycles. The van der Waals surface area contributed by atoms with Gasteiger partial charge in [0.1, 0.15) is 0 Å². The van der Waals surface area contributed by atoms with Crippen molar-refractivity contribution in [1.29, 1.82) is 0 Å². The third-order valence-electron chi connectivity index (χ3n) is 4.25. The predicted molar refractivity (Wildman–Crippen MR) is 88.2 cm³/mol. The van der Waals surface area contributed by atoms with Crippen molar-refractivity contribution in [2.75, 3.05) is 6.54 Å². The first-order valence-electron chi connectivity index (χ1n) is 7.85. The molecule has 1 saturated carbocycles. The number of benzene rings is 2. The van der Waals surface area contributed by atoms with Gasteiger partial charge in [0.15, 0.2) is 0 Å². The Labute approximate surface area is 127 Å². The van der Waals surface area contributed by atoms with Gasteiger partial charge in [-0.05, 0) is 36.8 Å². The molecular weight excluding hydrogens is 256 g/mol. The number of hydrogen-bond donors (Lipinski definition) is 2. The Morgan fingerprint density at radius 3 is 1.71 bits per heavy atom. The molecule has 0 bridgehead atoms. The average molecular weight is 280 g/mol. The van der Waals surface area contributed by atoms with Crippen LogP contribution in [0.2, 0.25) is 0 Å². The summed E-state index contributed by atoms with van der Waals surface area (Å²) >= 11 is 0. The molecule has 0 heterocycles. The second-order valence-electron chi connectivity index (χ2n) is 6.23. The zero-order valence-electron chi connectivity index (χ0n) is 12.5. The lowest BCUT2D eigenvalue weighted by atomic mass is 9.84. The van der Waals surface area contributed by atoms with Crippen LogP contribution < -0.4 is 11.1 Å². The molecule has 0 aliphatic heterocycles. The van der Waals surface area contributed by atoms with Gasteiger partial charge >= 0.3 is 0 Å². The quantitative estimate of drug-likeness (QED) is 0.818. The van der Waals surface area contributed by atoms with E-state index in [2.05, 4.69) is 66.0 Å². The van der Waals surface area contributed by atoms with Crippen molar-refractivity contribution in [2.45, 2.75) is 37.3 Å². The van der Waals surface area contributed by atoms with Gasteiger partial charge in [-0.1, -0.05) is 60.7 Å². The molecule has 0 aromatic heterocycles. The van der Waals surface area contributed by atoms with Crippen LogP contribution in [0.4, 0.5) is 0 Å². The Morgan fingerprint density at radius 2 is 1.33 bits per heavy atom. The Kier molecular flexibility index (Phi) is 4.37. The summed E-state index contributed by atoms with van der Waals surface area (Å²) < 4.78 is 0. The maximum absolute atomic E-state index is 6.22. The van der Waals surface area contributed by atoms with Gasteiger partial charge in [0.05, 0.1) is 0 Å². The van der Waals surface area contributed by atoms with Crippen LogP contribution in [0.25, 0.3) is 0 Å². The maximum Gasteiger partial charge on any atom is 0.0387 e. The Bertz CT molecular complexity index is 505. The maximum atomic E-state index is 6.22. The normalized spacial score (nSPS) is 15.1. The lowest BCUT2D eigenvalue weighted by Gasteiger charge is -2.35. The molecule has 2 heteroatoms. The monoisotopic (exact) mass is 280 g/mol. The van der Waals surface area contributed by atoms with E-state index < -0.39 is 0 Å². The molecule has 0 unspecified atom stereocenters. The number of nitrogens with two attached hydrogens (primary N) is 1. The standard InChI is InChI=1S/C19H24N2/c20-15-19(21-18-11-12-18,13-16-7-3-1-4-8-16)14-17-9-5-2-6-10-17/h1-10,18,21H,11-15,20H2. The van der Waals surface area contributed by atoms with Gasteiger partial charge in [-0.3, -0.25) is 0 Å². The smallest absolute Gasteiger partial charge is 0.0387 e. The molecule has 3 rings (SSSR count). The summed E-state index contributed by atoms with van der Waals surface area (Å²) in [7, 11) is 0. The van der Waals surface area contributed by atoms with Crippen molar-refractivity contribution in [3.63, 3.8) is 0 Å². The van der Waals surface area contributed by atoms with Crippen LogP contribution in [0, 0.1) is 0 Å². The zero-order valence-corrected chi connectivity index (χ0v) is 12.5. The van der Waals surface area contributed by atoms with E-state index >= 15 is 0 Å². The Morgan fingerprint density at radius 1 is 0.857 bits per heavy atom. The molecule has 21 heavy (non-hydrogen) atoms. The largest absolute Gasteiger partial charge is 0.329 e. The second kappa shape index (κ2) is 6.42. The number of rotatable bonds is 7. The first-order valence-corrected chi connectivity index (χ1v) is 7.85. The van der Waals surface area contributed by atoms with Gasteiger partial charge in [0, 0.05) is 18.1 Å². The summed E-state index contributed by atoms with van der Waals surface area (Å²) in [5.41, 5.74) is 8.89. The van der Waals surface area contributed by atoms with Crippen molar-refractivity contribution >= 4 is 0 Å². The predicted octanol–water partition coefficient (Wildman–Crippen LogP) is 2.92. The van der Waals surface area contributed by atoms with Gasteiger partial charge in [0.25, 0.3) is 0 Å². The highest BCUT2D eigenvalue weighted by Crippen LogP contribution is 2.26. The van der Waals surface area contributed by atoms with Crippen LogP contribution in [-0.4, -0.2) is 18.1 Å². The van der Waals surface area contributed by atoms with Gasteiger partial charge in [-0.15, -0.1) is 0 Å². The van der Waals surface area contributed by atoms with E-state index in [0.717, 1.165) is 12.8 Å². The molecular formula is C19H24N2. The topological polar surface area (TPSA) is 38.0 Å². The Balaban J connectivity index is 1.82. The van der Waals surface area contributed by atoms with Crippen LogP contribution in [0.15, 0.2) is 60.7 Å². The first-order chi connectivity index (χ1) is 10.3. The fourth-order valence-electron chi connectivity index (χ4n) is 3.00. The van der Waals surface area contributed by atoms with Crippen molar-refractivity contribution < 1.29 is 0 Å². The van der Waals surface area contributed by atoms with E-state index in [4.69, 9.17) is 5.73 Å². The molecule has 0 amide bonds. The molecule has 0 saturated heterocycles. The minimum Gasteiger partial charge on any atom is -0.329 e. The van der Waals surface area contributed by atoms with Gasteiger partial charge in [-0.25, -0.2) is 0 Å². The van der Waals surface area contributed by atoms with Gasteiger partial charge in [-0.2, -0.15) is 0 Å². The van der Waals surface area contributed by atoms with E-state index in [9.17, 15) is 0 Å². The molecule has 2 nitrogen and oxygen atoms in total. The SMILES string of the molecule is NCC(Cc1ccccc1)(Cc1ccccc1)NC1CC1. The summed E-state index contributed by atoms with van der Waals surface area (Å²) in [6.07, 6.45) is 4.53. The van der Waals surface area contributed by atoms with Crippen LogP contribution in [0.5, 0.6) is 0 Å². The second-order valence-corrected chi connectivity index (χ2v) is 6.23. The van der Waals surface area contributed by atoms with Crippen molar-refractivity contribution in [3.05, 3.63) is 71.8 Å². The van der Waals surface area contributed by atoms with Gasteiger partial charge in [0.2, 0.25) is 0 Å². The van der Waals surface area contributed by atoms with Gasteiger partial charge < -0.3 is 11.1 Å². The van der Waals surface area contributed by atoms with Crippen LogP contribution in [-0.2, 0) is 12.8 Å². The average Bonchev–Trinajstić information content (AvgIpc) is 3.33. The highest BCUT2D eigenvalue weighted by Gasteiger charge is 2.35. The van der Waals surface area contributed by atoms with E-state index in [1.165, 1.54) is 24.0 Å². The van der Waals surface area contributed by atoms with Crippen molar-refractivity contribution in [2.24, 2.45) is 5.73 Å². The minimum atomic E-state index is -0.0378. The van der Waals surface area contributed by atoms with Crippen LogP contribution in [0.3, 0.4) is 0 Å². The third kappa shape index (κ3) is 3.93. The summed E-state index contributed by atoms with van der Waals surface area (Å²) in [5.74, 6) is 0. The van der Waals surface area contributed by atoms with E-state index in [0.29, 0.717) is 12.6 Å². The number of hydrogen-bond acceptors (Lipinski definition) is 2. The zero-order chi connectivity index (χ0) is 14.5. The third-order valence-corrected chi connectivity index (χ3v) is 4.25. The number of nitrogens with one attached hydrogen (secondary N) is 1. The van der Waals surface area contributed by atoms with E-state index in [-0.39, 0.29) is 5.54 Å².